The zero-order valence-corrected chi connectivity index (χ0v) is 18.6. The fraction of sp³-hybridized carbons (Fsp3) is 0.417. The number of nitrogens with two attached hydrogens (primary N) is 1. The summed E-state index contributed by atoms with van der Waals surface area (Å²) < 4.78 is 13.4. The molecule has 4 N–H and O–H groups in total. The second-order valence-electron chi connectivity index (χ2n) is 8.70. The zero-order valence-electron chi connectivity index (χ0n) is 18.6. The van der Waals surface area contributed by atoms with Crippen LogP contribution in [0.1, 0.15) is 25.0 Å². The van der Waals surface area contributed by atoms with Gasteiger partial charge in [0.25, 0.3) is 0 Å². The number of hydrogen-bond acceptors (Lipinski definition) is 3. The molecule has 8 heteroatoms. The van der Waals surface area contributed by atoms with Gasteiger partial charge in [-0.25, -0.2) is 14.2 Å². The van der Waals surface area contributed by atoms with Crippen LogP contribution in [-0.2, 0) is 13.0 Å². The Kier molecular flexibility index (Phi) is 6.60. The third-order valence-electron chi connectivity index (χ3n) is 6.20. The standard InChI is InChI=1S/C24H31FN6O/c1-16(2)22-15-30(24(32)28-19-7-4-6-18(25)13-19)11-12-31(22)23(26)29-21-8-3-5-17-14-27-10-9-20(17)21/h3-8,13,16,22,27H,9-12,14-15H2,1-2H3,(H2,26,29)(H,28,32). The SMILES string of the molecule is CC(C)C1CN(C(=O)Nc2cccc(F)c2)CCN1C(N)=Nc1cccc2c1CCNC2. The molecule has 0 bridgehead atoms. The summed E-state index contributed by atoms with van der Waals surface area (Å²) in [6, 6.07) is 11.9. The molecule has 1 fully saturated rings. The number of carbonyl (C=O) groups excluding carboxylic acids is 1. The maximum absolute atomic E-state index is 13.4. The Morgan fingerprint density at radius 1 is 1.25 bits per heavy atom. The molecule has 0 aliphatic carbocycles. The summed E-state index contributed by atoms with van der Waals surface area (Å²) in [5.41, 5.74) is 10.4. The lowest BCUT2D eigenvalue weighted by atomic mass is 9.99. The van der Waals surface area contributed by atoms with E-state index in [0.717, 1.165) is 25.2 Å². The van der Waals surface area contributed by atoms with E-state index in [1.165, 1.54) is 23.3 Å². The Labute approximate surface area is 188 Å². The average molecular weight is 439 g/mol. The number of anilines is 1. The third-order valence-corrected chi connectivity index (χ3v) is 6.20. The quantitative estimate of drug-likeness (QED) is 0.507. The van der Waals surface area contributed by atoms with E-state index in [4.69, 9.17) is 10.7 Å². The summed E-state index contributed by atoms with van der Waals surface area (Å²) >= 11 is 0. The van der Waals surface area contributed by atoms with Gasteiger partial charge in [0.1, 0.15) is 5.82 Å². The lowest BCUT2D eigenvalue weighted by Crippen LogP contribution is -2.60. The van der Waals surface area contributed by atoms with Gasteiger partial charge in [-0.05, 0) is 54.3 Å². The smallest absolute Gasteiger partial charge is 0.321 e. The number of guanidine groups is 1. The largest absolute Gasteiger partial charge is 0.369 e. The molecular weight excluding hydrogens is 407 g/mol. The van der Waals surface area contributed by atoms with Crippen molar-refractivity contribution >= 4 is 23.4 Å². The van der Waals surface area contributed by atoms with Crippen molar-refractivity contribution in [3.8, 4) is 0 Å². The molecule has 0 radical (unpaired) electrons. The lowest BCUT2D eigenvalue weighted by molar-refractivity contribution is 0.119. The Hall–Kier alpha value is -3.13. The number of hydrogen-bond donors (Lipinski definition) is 3. The second-order valence-corrected chi connectivity index (χ2v) is 8.70. The van der Waals surface area contributed by atoms with Gasteiger partial charge in [0.05, 0.1) is 11.7 Å². The molecule has 1 unspecified atom stereocenters. The number of urea groups is 1. The van der Waals surface area contributed by atoms with Crippen molar-refractivity contribution in [2.24, 2.45) is 16.6 Å². The van der Waals surface area contributed by atoms with Crippen molar-refractivity contribution in [1.82, 2.24) is 15.1 Å². The van der Waals surface area contributed by atoms with Gasteiger partial charge >= 0.3 is 6.03 Å². The molecule has 0 spiro atoms. The van der Waals surface area contributed by atoms with Crippen LogP contribution >= 0.6 is 0 Å². The first-order chi connectivity index (χ1) is 15.4. The summed E-state index contributed by atoms with van der Waals surface area (Å²) in [6.07, 6.45) is 0.934. The minimum atomic E-state index is -0.379. The zero-order chi connectivity index (χ0) is 22.7. The Bertz CT molecular complexity index is 1010. The van der Waals surface area contributed by atoms with E-state index in [1.54, 1.807) is 17.0 Å². The van der Waals surface area contributed by atoms with Crippen LogP contribution in [0.15, 0.2) is 47.5 Å². The van der Waals surface area contributed by atoms with E-state index in [-0.39, 0.29) is 23.8 Å². The van der Waals surface area contributed by atoms with E-state index in [2.05, 4.69) is 35.4 Å². The van der Waals surface area contributed by atoms with Crippen LogP contribution < -0.4 is 16.4 Å². The highest BCUT2D eigenvalue weighted by Gasteiger charge is 2.33. The maximum Gasteiger partial charge on any atom is 0.321 e. The van der Waals surface area contributed by atoms with Crippen molar-refractivity contribution in [1.29, 1.82) is 0 Å². The van der Waals surface area contributed by atoms with E-state index >= 15 is 0 Å². The van der Waals surface area contributed by atoms with E-state index in [1.807, 2.05) is 12.1 Å². The van der Waals surface area contributed by atoms with Crippen LogP contribution in [0.4, 0.5) is 20.6 Å². The number of carbonyl (C=O) groups is 1. The molecule has 2 aliphatic heterocycles. The summed E-state index contributed by atoms with van der Waals surface area (Å²) in [4.78, 5) is 21.5. The molecule has 2 heterocycles. The number of nitrogens with one attached hydrogen (secondary N) is 2. The van der Waals surface area contributed by atoms with Crippen molar-refractivity contribution in [3.63, 3.8) is 0 Å². The van der Waals surface area contributed by atoms with Gasteiger partial charge in [-0.2, -0.15) is 0 Å². The molecule has 0 aromatic heterocycles. The summed E-state index contributed by atoms with van der Waals surface area (Å²) in [5.74, 6) is 0.374. The number of nitrogens with zero attached hydrogens (tertiary/aromatic N) is 3. The molecule has 0 saturated carbocycles. The minimum absolute atomic E-state index is 0.0342. The molecule has 2 aliphatic rings. The number of halogens is 1. The van der Waals surface area contributed by atoms with Gasteiger partial charge in [0, 0.05) is 31.9 Å². The van der Waals surface area contributed by atoms with Crippen molar-refractivity contribution < 1.29 is 9.18 Å². The van der Waals surface area contributed by atoms with Gasteiger partial charge in [-0.1, -0.05) is 32.0 Å². The molecular formula is C24H31FN6O. The van der Waals surface area contributed by atoms with Gasteiger partial charge < -0.3 is 26.2 Å². The van der Waals surface area contributed by atoms with Crippen LogP contribution in [-0.4, -0.2) is 54.0 Å². The molecule has 2 amide bonds. The topological polar surface area (TPSA) is 86.0 Å². The molecule has 2 aromatic rings. The number of aliphatic imine (C=N–C) groups is 1. The highest BCUT2D eigenvalue weighted by molar-refractivity contribution is 5.89. The van der Waals surface area contributed by atoms with Crippen LogP contribution in [0.2, 0.25) is 0 Å². The summed E-state index contributed by atoms with van der Waals surface area (Å²) in [6.45, 7) is 7.65. The first-order valence-electron chi connectivity index (χ1n) is 11.2. The molecule has 170 valence electrons. The molecule has 2 aromatic carbocycles. The van der Waals surface area contributed by atoms with Crippen LogP contribution in [0.5, 0.6) is 0 Å². The summed E-state index contributed by atoms with van der Waals surface area (Å²) in [7, 11) is 0. The monoisotopic (exact) mass is 438 g/mol. The molecule has 32 heavy (non-hydrogen) atoms. The Balaban J connectivity index is 1.49. The van der Waals surface area contributed by atoms with Crippen molar-refractivity contribution in [2.45, 2.75) is 32.9 Å². The average Bonchev–Trinajstić information content (AvgIpc) is 2.79. The maximum atomic E-state index is 13.4. The Morgan fingerprint density at radius 2 is 2.06 bits per heavy atom. The number of rotatable bonds is 3. The van der Waals surface area contributed by atoms with Gasteiger partial charge in [0.2, 0.25) is 0 Å². The highest BCUT2D eigenvalue weighted by atomic mass is 19.1. The summed E-state index contributed by atoms with van der Waals surface area (Å²) in [5, 5.41) is 6.18. The normalized spacial score (nSPS) is 19.1. The minimum Gasteiger partial charge on any atom is -0.369 e. The van der Waals surface area contributed by atoms with Gasteiger partial charge in [0.15, 0.2) is 5.96 Å². The fourth-order valence-corrected chi connectivity index (χ4v) is 4.42. The first-order valence-corrected chi connectivity index (χ1v) is 11.2. The predicted octanol–water partition coefficient (Wildman–Crippen LogP) is 3.29. The van der Waals surface area contributed by atoms with E-state index in [0.29, 0.717) is 31.3 Å². The first kappa shape index (κ1) is 22.1. The predicted molar refractivity (Wildman–Crippen MR) is 125 cm³/mol. The fourth-order valence-electron chi connectivity index (χ4n) is 4.42. The van der Waals surface area contributed by atoms with E-state index in [9.17, 15) is 9.18 Å². The molecule has 1 atom stereocenters. The number of piperazine rings is 1. The van der Waals surface area contributed by atoms with Crippen LogP contribution in [0.3, 0.4) is 0 Å². The third kappa shape index (κ3) is 4.85. The molecule has 1 saturated heterocycles. The van der Waals surface area contributed by atoms with Crippen LogP contribution in [0, 0.1) is 11.7 Å². The van der Waals surface area contributed by atoms with Gasteiger partial charge in [-0.15, -0.1) is 0 Å². The lowest BCUT2D eigenvalue weighted by Gasteiger charge is -2.43. The van der Waals surface area contributed by atoms with E-state index < -0.39 is 0 Å². The van der Waals surface area contributed by atoms with Crippen molar-refractivity contribution in [2.75, 3.05) is 31.5 Å². The second kappa shape index (κ2) is 9.56. The van der Waals surface area contributed by atoms with Crippen molar-refractivity contribution in [3.05, 3.63) is 59.4 Å². The van der Waals surface area contributed by atoms with Gasteiger partial charge in [-0.3, -0.25) is 0 Å². The van der Waals surface area contributed by atoms with Crippen LogP contribution in [0.25, 0.3) is 0 Å². The highest BCUT2D eigenvalue weighted by Crippen LogP contribution is 2.27. The molecule has 4 rings (SSSR count). The molecule has 7 nitrogen and oxygen atoms in total. The number of amides is 2. The number of benzene rings is 2. The Morgan fingerprint density at radius 3 is 2.84 bits per heavy atom. The number of fused-ring (bicyclic) bond motifs is 1.